The maximum absolute atomic E-state index is 9.81. The van der Waals surface area contributed by atoms with E-state index in [2.05, 4.69) is 68.5 Å². The first-order chi connectivity index (χ1) is 16.2. The van der Waals surface area contributed by atoms with Crippen molar-refractivity contribution in [3.63, 3.8) is 0 Å². The number of aryl methyl sites for hydroxylation is 1. The van der Waals surface area contributed by atoms with Gasteiger partial charge in [-0.05, 0) is 72.1 Å². The molecule has 0 saturated heterocycles. The standard InChI is InChI=1S/C29H38O2.C2H6/c1-3-23-12-14-27(15-13-23)25(4-2)21-24(22-30)9-8-20-31-29-18-16-28(17-19-29)26-10-6-5-7-11-26;1-2/h8-9,12-19,21,25-26,30H,3-7,10-11,20,22H2,1-2H3;1-2H3/b9-8-,24-21+;. The Morgan fingerprint density at radius 2 is 1.64 bits per heavy atom. The summed E-state index contributed by atoms with van der Waals surface area (Å²) in [4.78, 5) is 0. The van der Waals surface area contributed by atoms with E-state index in [1.807, 2.05) is 26.0 Å². The van der Waals surface area contributed by atoms with Gasteiger partial charge in [0.05, 0.1) is 6.61 Å². The van der Waals surface area contributed by atoms with E-state index in [0.29, 0.717) is 12.5 Å². The van der Waals surface area contributed by atoms with E-state index in [1.165, 1.54) is 48.8 Å². The molecule has 1 unspecified atom stereocenters. The zero-order valence-electron chi connectivity index (χ0n) is 21.2. The monoisotopic (exact) mass is 448 g/mol. The highest BCUT2D eigenvalue weighted by molar-refractivity contribution is 5.32. The van der Waals surface area contributed by atoms with E-state index in [0.717, 1.165) is 30.1 Å². The van der Waals surface area contributed by atoms with Crippen LogP contribution in [0, 0.1) is 0 Å². The van der Waals surface area contributed by atoms with Gasteiger partial charge >= 0.3 is 0 Å². The Morgan fingerprint density at radius 1 is 0.970 bits per heavy atom. The lowest BCUT2D eigenvalue weighted by Gasteiger charge is -2.22. The van der Waals surface area contributed by atoms with Crippen LogP contribution in [0.25, 0.3) is 0 Å². The second kappa shape index (κ2) is 15.5. The van der Waals surface area contributed by atoms with E-state index in [-0.39, 0.29) is 6.61 Å². The molecule has 1 aliphatic carbocycles. The van der Waals surface area contributed by atoms with Crippen molar-refractivity contribution in [2.45, 2.75) is 84.5 Å². The van der Waals surface area contributed by atoms with Crippen LogP contribution in [0.5, 0.6) is 5.75 Å². The van der Waals surface area contributed by atoms with Gasteiger partial charge in [-0.2, -0.15) is 0 Å². The third-order valence-electron chi connectivity index (χ3n) is 6.49. The van der Waals surface area contributed by atoms with Crippen LogP contribution in [0.1, 0.15) is 94.7 Å². The Morgan fingerprint density at radius 3 is 2.21 bits per heavy atom. The number of allylic oxidation sites excluding steroid dienone is 1. The molecule has 2 nitrogen and oxygen atoms in total. The van der Waals surface area contributed by atoms with Gasteiger partial charge in [0.15, 0.2) is 0 Å². The molecule has 1 saturated carbocycles. The van der Waals surface area contributed by atoms with Crippen molar-refractivity contribution in [1.29, 1.82) is 0 Å². The average molecular weight is 449 g/mol. The lowest BCUT2D eigenvalue weighted by atomic mass is 9.84. The van der Waals surface area contributed by atoms with Gasteiger partial charge in [-0.15, -0.1) is 0 Å². The average Bonchev–Trinajstić information content (AvgIpc) is 2.90. The van der Waals surface area contributed by atoms with Crippen LogP contribution in [0.2, 0.25) is 0 Å². The molecule has 3 rings (SSSR count). The largest absolute Gasteiger partial charge is 0.490 e. The first kappa shape index (κ1) is 26.9. The predicted octanol–water partition coefficient (Wildman–Crippen LogP) is 8.37. The molecule has 180 valence electrons. The molecule has 0 radical (unpaired) electrons. The van der Waals surface area contributed by atoms with Gasteiger partial charge in [0.2, 0.25) is 0 Å². The lowest BCUT2D eigenvalue weighted by Crippen LogP contribution is -2.04. The number of hydrogen-bond acceptors (Lipinski definition) is 2. The summed E-state index contributed by atoms with van der Waals surface area (Å²) in [5, 5.41) is 9.81. The Labute approximate surface area is 202 Å². The highest BCUT2D eigenvalue weighted by Gasteiger charge is 2.15. The summed E-state index contributed by atoms with van der Waals surface area (Å²) in [5.41, 5.74) is 5.04. The molecule has 0 amide bonds. The Balaban J connectivity index is 0.00000187. The van der Waals surface area contributed by atoms with Crippen LogP contribution in [-0.4, -0.2) is 18.3 Å². The van der Waals surface area contributed by atoms with Gasteiger partial charge in [-0.3, -0.25) is 0 Å². The summed E-state index contributed by atoms with van der Waals surface area (Å²) in [6.07, 6.45) is 15.0. The Kier molecular flexibility index (Phi) is 12.7. The molecule has 2 heteroatoms. The normalized spacial score (nSPS) is 15.7. The van der Waals surface area contributed by atoms with Crippen LogP contribution >= 0.6 is 0 Å². The molecule has 1 N–H and O–H groups in total. The van der Waals surface area contributed by atoms with Gasteiger partial charge < -0.3 is 9.84 Å². The molecule has 1 aliphatic rings. The van der Waals surface area contributed by atoms with Crippen molar-refractivity contribution in [2.24, 2.45) is 0 Å². The van der Waals surface area contributed by atoms with Gasteiger partial charge in [0.25, 0.3) is 0 Å². The minimum absolute atomic E-state index is 0.0378. The molecule has 1 atom stereocenters. The van der Waals surface area contributed by atoms with Gasteiger partial charge in [0, 0.05) is 5.92 Å². The van der Waals surface area contributed by atoms with Crippen molar-refractivity contribution in [1.82, 2.24) is 0 Å². The minimum atomic E-state index is 0.0378. The van der Waals surface area contributed by atoms with Gasteiger partial charge in [-0.1, -0.05) is 95.5 Å². The molecule has 2 aromatic carbocycles. The number of benzene rings is 2. The highest BCUT2D eigenvalue weighted by Crippen LogP contribution is 2.33. The summed E-state index contributed by atoms with van der Waals surface area (Å²) in [7, 11) is 0. The lowest BCUT2D eigenvalue weighted by molar-refractivity contribution is 0.333. The fraction of sp³-hybridized carbons (Fsp3) is 0.484. The van der Waals surface area contributed by atoms with Crippen LogP contribution in [0.4, 0.5) is 0 Å². The highest BCUT2D eigenvalue weighted by atomic mass is 16.5. The minimum Gasteiger partial charge on any atom is -0.490 e. The number of aliphatic hydroxyl groups excluding tert-OH is 1. The number of aliphatic hydroxyl groups is 1. The quantitative estimate of drug-likeness (QED) is 0.370. The first-order valence-corrected chi connectivity index (χ1v) is 13.0. The van der Waals surface area contributed by atoms with Crippen LogP contribution in [0.3, 0.4) is 0 Å². The maximum Gasteiger partial charge on any atom is 0.119 e. The first-order valence-electron chi connectivity index (χ1n) is 13.0. The number of ether oxygens (including phenoxy) is 1. The van der Waals surface area contributed by atoms with Crippen molar-refractivity contribution in [2.75, 3.05) is 13.2 Å². The predicted molar refractivity (Wildman–Crippen MR) is 142 cm³/mol. The topological polar surface area (TPSA) is 29.5 Å². The van der Waals surface area contributed by atoms with E-state index < -0.39 is 0 Å². The summed E-state index contributed by atoms with van der Waals surface area (Å²) < 4.78 is 5.89. The number of rotatable bonds is 10. The molecule has 2 aromatic rings. The molecular formula is C31H44O2. The smallest absolute Gasteiger partial charge is 0.119 e. The van der Waals surface area contributed by atoms with Crippen molar-refractivity contribution < 1.29 is 9.84 Å². The molecule has 0 aromatic heterocycles. The van der Waals surface area contributed by atoms with E-state index >= 15 is 0 Å². The second-order valence-electron chi connectivity index (χ2n) is 8.63. The zero-order chi connectivity index (χ0) is 23.9. The molecule has 1 fully saturated rings. The molecule has 33 heavy (non-hydrogen) atoms. The van der Waals surface area contributed by atoms with Crippen LogP contribution in [-0.2, 0) is 6.42 Å². The van der Waals surface area contributed by atoms with E-state index in [9.17, 15) is 5.11 Å². The molecular weight excluding hydrogens is 404 g/mol. The molecule has 0 aliphatic heterocycles. The summed E-state index contributed by atoms with van der Waals surface area (Å²) >= 11 is 0. The second-order valence-corrected chi connectivity index (χ2v) is 8.63. The number of hydrogen-bond donors (Lipinski definition) is 1. The summed E-state index contributed by atoms with van der Waals surface area (Å²) in [6.45, 7) is 8.90. The van der Waals surface area contributed by atoms with Crippen LogP contribution in [0.15, 0.2) is 72.3 Å². The summed E-state index contributed by atoms with van der Waals surface area (Å²) in [6, 6.07) is 17.5. The zero-order valence-corrected chi connectivity index (χ0v) is 21.2. The Hall–Kier alpha value is -2.32. The SMILES string of the molecule is CC.CCc1ccc(C(/C=C(\C=C/COc2ccc(C3CCCCC3)cc2)CO)CC)cc1. The third kappa shape index (κ3) is 8.85. The summed E-state index contributed by atoms with van der Waals surface area (Å²) in [5.74, 6) is 1.94. The van der Waals surface area contributed by atoms with Crippen molar-refractivity contribution >= 4 is 0 Å². The fourth-order valence-electron chi connectivity index (χ4n) is 4.49. The fourth-order valence-corrected chi connectivity index (χ4v) is 4.49. The molecule has 0 heterocycles. The van der Waals surface area contributed by atoms with Crippen molar-refractivity contribution in [3.8, 4) is 5.75 Å². The molecule has 0 bridgehead atoms. The van der Waals surface area contributed by atoms with Crippen LogP contribution < -0.4 is 4.74 Å². The Bertz CT molecular complexity index is 824. The third-order valence-corrected chi connectivity index (χ3v) is 6.49. The maximum atomic E-state index is 9.81. The van der Waals surface area contributed by atoms with Gasteiger partial charge in [-0.25, -0.2) is 0 Å². The van der Waals surface area contributed by atoms with E-state index in [4.69, 9.17) is 4.74 Å². The van der Waals surface area contributed by atoms with E-state index in [1.54, 1.807) is 0 Å². The van der Waals surface area contributed by atoms with Crippen molar-refractivity contribution in [3.05, 3.63) is 89.0 Å². The van der Waals surface area contributed by atoms with Gasteiger partial charge in [0.1, 0.15) is 12.4 Å². The molecule has 0 spiro atoms.